The van der Waals surface area contributed by atoms with E-state index in [0.29, 0.717) is 32.5 Å². The largest absolute Gasteiger partial charge is 0.353 e. The van der Waals surface area contributed by atoms with Crippen LogP contribution in [0.2, 0.25) is 0 Å². The third kappa shape index (κ3) is 4.78. The Labute approximate surface area is 194 Å². The van der Waals surface area contributed by atoms with Gasteiger partial charge in [0, 0.05) is 31.3 Å². The van der Waals surface area contributed by atoms with E-state index in [1.807, 2.05) is 20.8 Å². The summed E-state index contributed by atoms with van der Waals surface area (Å²) in [7, 11) is -4.01. The fourth-order valence-corrected chi connectivity index (χ4v) is 6.32. The number of sulfonamides is 1. The van der Waals surface area contributed by atoms with Crippen molar-refractivity contribution in [2.45, 2.75) is 69.2 Å². The van der Waals surface area contributed by atoms with Crippen molar-refractivity contribution in [1.82, 2.24) is 14.9 Å². The second kappa shape index (κ2) is 8.73. The van der Waals surface area contributed by atoms with Crippen LogP contribution in [0, 0.1) is 12.3 Å². The summed E-state index contributed by atoms with van der Waals surface area (Å²) in [6.45, 7) is 7.10. The van der Waals surface area contributed by atoms with E-state index in [1.165, 1.54) is 24.5 Å². The maximum absolute atomic E-state index is 13.2. The van der Waals surface area contributed by atoms with Gasteiger partial charge in [0.1, 0.15) is 6.04 Å². The number of nitrogens with zero attached hydrogens (tertiary/aromatic N) is 1. The SMILES string of the molecule is Cc1ccc(S(=O)(=O)N2C=CNC(=O)[C@H]2CC(=O)N[C@H]2CCC3(CC2(C)C)OCCO3)cc1. The molecule has 1 aromatic rings. The topological polar surface area (TPSA) is 114 Å². The van der Waals surface area contributed by atoms with Gasteiger partial charge in [0.05, 0.1) is 24.5 Å². The van der Waals surface area contributed by atoms with Crippen molar-refractivity contribution in [3.63, 3.8) is 0 Å². The van der Waals surface area contributed by atoms with E-state index in [1.54, 1.807) is 12.1 Å². The Morgan fingerprint density at radius 1 is 1.21 bits per heavy atom. The normalized spacial score (nSPS) is 26.3. The van der Waals surface area contributed by atoms with Gasteiger partial charge in [-0.05, 0) is 30.9 Å². The predicted molar refractivity (Wildman–Crippen MR) is 120 cm³/mol. The van der Waals surface area contributed by atoms with Crippen molar-refractivity contribution in [1.29, 1.82) is 0 Å². The van der Waals surface area contributed by atoms with Gasteiger partial charge in [-0.2, -0.15) is 0 Å². The van der Waals surface area contributed by atoms with Gasteiger partial charge in [-0.1, -0.05) is 31.5 Å². The second-order valence-corrected chi connectivity index (χ2v) is 11.5. The average molecular weight is 478 g/mol. The first-order valence-electron chi connectivity index (χ1n) is 11.2. The van der Waals surface area contributed by atoms with Gasteiger partial charge in [0.15, 0.2) is 5.79 Å². The minimum atomic E-state index is -4.01. The lowest BCUT2D eigenvalue weighted by atomic mass is 9.70. The van der Waals surface area contributed by atoms with Crippen molar-refractivity contribution in [3.05, 3.63) is 42.2 Å². The fourth-order valence-electron chi connectivity index (χ4n) is 4.87. The molecule has 1 spiro atoms. The molecular formula is C23H31N3O6S. The van der Waals surface area contributed by atoms with Gasteiger partial charge >= 0.3 is 0 Å². The lowest BCUT2D eigenvalue weighted by Crippen LogP contribution is -2.56. The van der Waals surface area contributed by atoms with Gasteiger partial charge in [0.2, 0.25) is 11.8 Å². The minimum Gasteiger partial charge on any atom is -0.353 e. The molecule has 0 aromatic heterocycles. The Bertz CT molecular complexity index is 1040. The molecule has 0 radical (unpaired) electrons. The first-order chi connectivity index (χ1) is 15.5. The molecule has 3 aliphatic rings. The van der Waals surface area contributed by atoms with Crippen LogP contribution in [0.5, 0.6) is 0 Å². The molecule has 1 aromatic carbocycles. The maximum Gasteiger partial charge on any atom is 0.264 e. The van der Waals surface area contributed by atoms with Crippen LogP contribution >= 0.6 is 0 Å². The molecule has 180 valence electrons. The van der Waals surface area contributed by atoms with Crippen LogP contribution in [-0.2, 0) is 29.1 Å². The molecule has 9 nitrogen and oxygen atoms in total. The average Bonchev–Trinajstić information content (AvgIpc) is 3.19. The van der Waals surface area contributed by atoms with E-state index < -0.39 is 27.8 Å². The van der Waals surface area contributed by atoms with Crippen LogP contribution in [0.4, 0.5) is 0 Å². The number of carbonyl (C=O) groups excluding carboxylic acids is 2. The Morgan fingerprint density at radius 3 is 2.52 bits per heavy atom. The van der Waals surface area contributed by atoms with Gasteiger partial charge < -0.3 is 20.1 Å². The number of nitrogens with one attached hydrogen (secondary N) is 2. The lowest BCUT2D eigenvalue weighted by molar-refractivity contribution is -0.203. The molecule has 0 unspecified atom stereocenters. The highest BCUT2D eigenvalue weighted by Crippen LogP contribution is 2.45. The summed E-state index contributed by atoms with van der Waals surface area (Å²) in [4.78, 5) is 25.6. The highest BCUT2D eigenvalue weighted by molar-refractivity contribution is 7.89. The number of hydrogen-bond acceptors (Lipinski definition) is 6. The van der Waals surface area contributed by atoms with Crippen molar-refractivity contribution in [3.8, 4) is 0 Å². The van der Waals surface area contributed by atoms with Gasteiger partial charge in [0.25, 0.3) is 10.0 Å². The second-order valence-electron chi connectivity index (χ2n) is 9.62. The number of aryl methyl sites for hydroxylation is 1. The highest BCUT2D eigenvalue weighted by atomic mass is 32.2. The molecule has 1 saturated heterocycles. The molecule has 4 rings (SSSR count). The van der Waals surface area contributed by atoms with Crippen LogP contribution in [0.25, 0.3) is 0 Å². The van der Waals surface area contributed by atoms with E-state index >= 15 is 0 Å². The molecule has 2 heterocycles. The van der Waals surface area contributed by atoms with Crippen LogP contribution in [0.15, 0.2) is 41.6 Å². The number of rotatable bonds is 5. The Morgan fingerprint density at radius 2 is 1.88 bits per heavy atom. The summed E-state index contributed by atoms with van der Waals surface area (Å²) in [5, 5.41) is 5.54. The number of benzene rings is 1. The van der Waals surface area contributed by atoms with Gasteiger partial charge in [-0.3, -0.25) is 13.9 Å². The maximum atomic E-state index is 13.2. The van der Waals surface area contributed by atoms with E-state index in [-0.39, 0.29) is 28.7 Å². The molecule has 2 aliphatic heterocycles. The summed E-state index contributed by atoms with van der Waals surface area (Å²) < 4.78 is 39.1. The molecule has 1 aliphatic carbocycles. The van der Waals surface area contributed by atoms with E-state index in [9.17, 15) is 18.0 Å². The van der Waals surface area contributed by atoms with Crippen LogP contribution < -0.4 is 10.6 Å². The van der Waals surface area contributed by atoms with Crippen LogP contribution in [0.3, 0.4) is 0 Å². The predicted octanol–water partition coefficient (Wildman–Crippen LogP) is 1.78. The van der Waals surface area contributed by atoms with Gasteiger partial charge in [-0.25, -0.2) is 8.42 Å². The monoisotopic (exact) mass is 477 g/mol. The molecule has 33 heavy (non-hydrogen) atoms. The molecule has 2 atom stereocenters. The first kappa shape index (κ1) is 23.7. The smallest absolute Gasteiger partial charge is 0.264 e. The summed E-state index contributed by atoms with van der Waals surface area (Å²) in [5.74, 6) is -1.51. The van der Waals surface area contributed by atoms with Crippen LogP contribution in [-0.4, -0.2) is 55.6 Å². The van der Waals surface area contributed by atoms with Crippen molar-refractivity contribution in [2.75, 3.05) is 13.2 Å². The minimum absolute atomic E-state index is 0.0631. The fraction of sp³-hybridized carbons (Fsp3) is 0.565. The Kier molecular flexibility index (Phi) is 6.28. The Hall–Kier alpha value is -2.43. The zero-order valence-electron chi connectivity index (χ0n) is 19.2. The molecule has 0 bridgehead atoms. The summed E-state index contributed by atoms with van der Waals surface area (Å²) in [6.07, 6.45) is 4.26. The molecular weight excluding hydrogens is 446 g/mol. The highest BCUT2D eigenvalue weighted by Gasteiger charge is 2.49. The number of hydrogen-bond donors (Lipinski definition) is 2. The summed E-state index contributed by atoms with van der Waals surface area (Å²) >= 11 is 0. The first-order valence-corrected chi connectivity index (χ1v) is 12.6. The summed E-state index contributed by atoms with van der Waals surface area (Å²) in [6, 6.07) is 5.05. The van der Waals surface area contributed by atoms with E-state index in [2.05, 4.69) is 10.6 Å². The molecule has 2 N–H and O–H groups in total. The standard InChI is InChI=1S/C23H31N3O6S/c1-16-4-6-17(7-5-16)33(29,30)26-11-10-24-21(28)18(26)14-20(27)25-19-8-9-23(15-22(19,2)3)31-12-13-32-23/h4-7,10-11,18-19H,8-9,12-15H2,1-3H3,(H,24,28)(H,25,27)/t18-,19+/m1/s1. The quantitative estimate of drug-likeness (QED) is 0.668. The number of amides is 2. The Balaban J connectivity index is 1.47. The summed E-state index contributed by atoms with van der Waals surface area (Å²) in [5.41, 5.74) is 0.628. The number of carbonyl (C=O) groups is 2. The zero-order chi connectivity index (χ0) is 23.9. The third-order valence-corrected chi connectivity index (χ3v) is 8.46. The van der Waals surface area contributed by atoms with E-state index in [4.69, 9.17) is 9.47 Å². The van der Waals surface area contributed by atoms with Crippen molar-refractivity contribution in [2.24, 2.45) is 5.41 Å². The third-order valence-electron chi connectivity index (χ3n) is 6.66. The molecule has 2 fully saturated rings. The molecule has 2 amide bonds. The van der Waals surface area contributed by atoms with E-state index in [0.717, 1.165) is 9.87 Å². The van der Waals surface area contributed by atoms with Crippen LogP contribution in [0.1, 0.15) is 45.1 Å². The number of ether oxygens (including phenoxy) is 2. The van der Waals surface area contributed by atoms with Gasteiger partial charge in [-0.15, -0.1) is 0 Å². The van der Waals surface area contributed by atoms with Crippen molar-refractivity contribution < 1.29 is 27.5 Å². The lowest BCUT2D eigenvalue weighted by Gasteiger charge is -2.46. The van der Waals surface area contributed by atoms with Crippen molar-refractivity contribution >= 4 is 21.8 Å². The zero-order valence-corrected chi connectivity index (χ0v) is 20.0. The molecule has 10 heteroatoms. The molecule has 1 saturated carbocycles.